The zero-order valence-electron chi connectivity index (χ0n) is 12.6. The highest BCUT2D eigenvalue weighted by atomic mass is 16.4. The molecule has 0 saturated carbocycles. The van der Waals surface area contributed by atoms with E-state index in [9.17, 15) is 4.79 Å². The molecule has 0 bridgehead atoms. The van der Waals surface area contributed by atoms with E-state index >= 15 is 0 Å². The molecule has 1 fully saturated rings. The molecule has 1 saturated heterocycles. The minimum atomic E-state index is -0.975. The number of rotatable bonds is 6. The molecule has 6 nitrogen and oxygen atoms in total. The first-order valence-electron chi connectivity index (χ1n) is 7.28. The fourth-order valence-electron chi connectivity index (χ4n) is 2.70. The van der Waals surface area contributed by atoms with Crippen LogP contribution in [0.15, 0.2) is 18.5 Å². The van der Waals surface area contributed by atoms with Crippen LogP contribution in [-0.4, -0.2) is 58.7 Å². The molecule has 1 aliphatic rings. The summed E-state index contributed by atoms with van der Waals surface area (Å²) in [6.45, 7) is 5.36. The number of hydrogen-bond acceptors (Lipinski definition) is 5. The molecule has 1 aromatic heterocycles. The van der Waals surface area contributed by atoms with E-state index in [1.807, 2.05) is 7.05 Å². The Morgan fingerprint density at radius 3 is 2.86 bits per heavy atom. The summed E-state index contributed by atoms with van der Waals surface area (Å²) in [7, 11) is 1.99. The van der Waals surface area contributed by atoms with Crippen LogP contribution >= 0.6 is 0 Å². The quantitative estimate of drug-likeness (QED) is 0.801. The SMILES string of the molecule is CCN1CCCC1CN(C)c1ncc(/C=C/C(=O)O)cn1. The maximum atomic E-state index is 10.5. The van der Waals surface area contributed by atoms with Gasteiger partial charge in [-0.15, -0.1) is 0 Å². The zero-order chi connectivity index (χ0) is 15.2. The standard InChI is InChI=1S/C15H22N4O2/c1-3-19-8-4-5-13(19)11-18(2)15-16-9-12(10-17-15)6-7-14(20)21/h6-7,9-10,13H,3-5,8,11H2,1-2H3,(H,20,21)/b7-6+. The first-order valence-corrected chi connectivity index (χ1v) is 7.28. The van der Waals surface area contributed by atoms with E-state index in [2.05, 4.69) is 26.7 Å². The Balaban J connectivity index is 1.96. The third kappa shape index (κ3) is 4.26. The van der Waals surface area contributed by atoms with Crippen LogP contribution in [0.4, 0.5) is 5.95 Å². The van der Waals surface area contributed by atoms with Crippen molar-refractivity contribution in [1.29, 1.82) is 0 Å². The van der Waals surface area contributed by atoms with Crippen molar-refractivity contribution in [3.8, 4) is 0 Å². The third-order valence-corrected chi connectivity index (χ3v) is 3.81. The van der Waals surface area contributed by atoms with E-state index in [1.54, 1.807) is 12.4 Å². The van der Waals surface area contributed by atoms with Crippen LogP contribution in [0.25, 0.3) is 6.08 Å². The topological polar surface area (TPSA) is 69.6 Å². The largest absolute Gasteiger partial charge is 0.478 e. The summed E-state index contributed by atoms with van der Waals surface area (Å²) in [5.41, 5.74) is 0.686. The molecule has 21 heavy (non-hydrogen) atoms. The number of likely N-dealkylation sites (N-methyl/N-ethyl adjacent to an activating group) is 2. The lowest BCUT2D eigenvalue weighted by Crippen LogP contribution is -2.39. The van der Waals surface area contributed by atoms with Gasteiger partial charge in [-0.25, -0.2) is 14.8 Å². The van der Waals surface area contributed by atoms with E-state index in [4.69, 9.17) is 5.11 Å². The van der Waals surface area contributed by atoms with Crippen molar-refractivity contribution in [2.75, 3.05) is 31.6 Å². The lowest BCUT2D eigenvalue weighted by molar-refractivity contribution is -0.131. The van der Waals surface area contributed by atoms with E-state index in [1.165, 1.54) is 25.5 Å². The van der Waals surface area contributed by atoms with Gasteiger partial charge in [0.15, 0.2) is 0 Å². The smallest absolute Gasteiger partial charge is 0.328 e. The fraction of sp³-hybridized carbons (Fsp3) is 0.533. The van der Waals surface area contributed by atoms with E-state index in [0.717, 1.165) is 19.2 Å². The highest BCUT2D eigenvalue weighted by molar-refractivity contribution is 5.85. The molecule has 114 valence electrons. The first-order chi connectivity index (χ1) is 10.1. The van der Waals surface area contributed by atoms with Gasteiger partial charge in [-0.2, -0.15) is 0 Å². The lowest BCUT2D eigenvalue weighted by Gasteiger charge is -2.27. The van der Waals surface area contributed by atoms with E-state index < -0.39 is 5.97 Å². The molecular weight excluding hydrogens is 268 g/mol. The Kier molecular flexibility index (Phi) is 5.27. The molecule has 6 heteroatoms. The number of carboxylic acids is 1. The second kappa shape index (κ2) is 7.17. The summed E-state index contributed by atoms with van der Waals surface area (Å²) in [6, 6.07) is 0.565. The molecule has 2 rings (SSSR count). The molecule has 1 atom stereocenters. The Hall–Kier alpha value is -1.95. The average molecular weight is 290 g/mol. The molecule has 2 heterocycles. The van der Waals surface area contributed by atoms with E-state index in [-0.39, 0.29) is 0 Å². The summed E-state index contributed by atoms with van der Waals surface area (Å²) in [6.07, 6.45) is 8.33. The lowest BCUT2D eigenvalue weighted by atomic mass is 10.2. The van der Waals surface area contributed by atoms with Gasteiger partial charge in [0.25, 0.3) is 0 Å². The van der Waals surface area contributed by atoms with Gasteiger partial charge in [-0.05, 0) is 32.0 Å². The molecule has 0 aliphatic carbocycles. The number of hydrogen-bond donors (Lipinski definition) is 1. The van der Waals surface area contributed by atoms with Crippen LogP contribution in [0.1, 0.15) is 25.3 Å². The minimum absolute atomic E-state index is 0.565. The second-order valence-electron chi connectivity index (χ2n) is 5.29. The molecule has 0 radical (unpaired) electrons. The third-order valence-electron chi connectivity index (χ3n) is 3.81. The molecule has 0 amide bonds. The van der Waals surface area contributed by atoms with Gasteiger partial charge >= 0.3 is 5.97 Å². The van der Waals surface area contributed by atoms with Crippen molar-refractivity contribution in [1.82, 2.24) is 14.9 Å². The summed E-state index contributed by atoms with van der Waals surface area (Å²) in [4.78, 5) is 23.6. The summed E-state index contributed by atoms with van der Waals surface area (Å²) < 4.78 is 0. The Morgan fingerprint density at radius 1 is 1.52 bits per heavy atom. The van der Waals surface area contributed by atoms with Crippen LogP contribution < -0.4 is 4.90 Å². The number of likely N-dealkylation sites (tertiary alicyclic amines) is 1. The molecule has 0 aromatic carbocycles. The molecular formula is C15H22N4O2. The van der Waals surface area contributed by atoms with Gasteiger partial charge in [0.05, 0.1) is 0 Å². The Morgan fingerprint density at radius 2 is 2.24 bits per heavy atom. The van der Waals surface area contributed by atoms with Crippen molar-refractivity contribution >= 4 is 18.0 Å². The summed E-state index contributed by atoms with van der Waals surface area (Å²) in [5, 5.41) is 8.58. The van der Waals surface area contributed by atoms with Gasteiger partial charge in [0.2, 0.25) is 5.95 Å². The monoisotopic (exact) mass is 290 g/mol. The Labute approximate surface area is 125 Å². The van der Waals surface area contributed by atoms with Gasteiger partial charge < -0.3 is 10.0 Å². The van der Waals surface area contributed by atoms with Crippen LogP contribution in [0.2, 0.25) is 0 Å². The minimum Gasteiger partial charge on any atom is -0.478 e. The predicted molar refractivity (Wildman–Crippen MR) is 82.2 cm³/mol. The van der Waals surface area contributed by atoms with Crippen LogP contribution in [-0.2, 0) is 4.79 Å². The molecule has 1 N–H and O–H groups in total. The average Bonchev–Trinajstić information content (AvgIpc) is 2.92. The summed E-state index contributed by atoms with van der Waals surface area (Å²) in [5.74, 6) is -0.303. The van der Waals surface area contributed by atoms with Gasteiger partial charge in [0, 0.05) is 43.7 Å². The van der Waals surface area contributed by atoms with E-state index in [0.29, 0.717) is 17.6 Å². The predicted octanol–water partition coefficient (Wildman–Crippen LogP) is 1.49. The molecule has 1 unspecified atom stereocenters. The van der Waals surface area contributed by atoms with Gasteiger partial charge in [-0.1, -0.05) is 6.92 Å². The summed E-state index contributed by atoms with van der Waals surface area (Å²) >= 11 is 0. The number of nitrogens with zero attached hydrogens (tertiary/aromatic N) is 4. The van der Waals surface area contributed by atoms with Gasteiger partial charge in [0.1, 0.15) is 0 Å². The molecule has 1 aliphatic heterocycles. The number of aromatic nitrogens is 2. The normalized spacial score (nSPS) is 19.2. The Bertz CT molecular complexity index is 501. The van der Waals surface area contributed by atoms with Crippen LogP contribution in [0.5, 0.6) is 0 Å². The maximum Gasteiger partial charge on any atom is 0.328 e. The van der Waals surface area contributed by atoms with Crippen molar-refractivity contribution < 1.29 is 9.90 Å². The molecule has 1 aromatic rings. The highest BCUT2D eigenvalue weighted by Gasteiger charge is 2.24. The van der Waals surface area contributed by atoms with Crippen molar-refractivity contribution in [2.24, 2.45) is 0 Å². The maximum absolute atomic E-state index is 10.5. The first kappa shape index (κ1) is 15.4. The van der Waals surface area contributed by atoms with Crippen molar-refractivity contribution in [2.45, 2.75) is 25.8 Å². The number of anilines is 1. The van der Waals surface area contributed by atoms with Gasteiger partial charge in [-0.3, -0.25) is 4.90 Å². The number of aliphatic carboxylic acids is 1. The number of carboxylic acid groups (broad SMARTS) is 1. The van der Waals surface area contributed by atoms with Crippen LogP contribution in [0.3, 0.4) is 0 Å². The second-order valence-corrected chi connectivity index (χ2v) is 5.29. The van der Waals surface area contributed by atoms with Crippen molar-refractivity contribution in [3.05, 3.63) is 24.0 Å². The number of carbonyl (C=O) groups is 1. The highest BCUT2D eigenvalue weighted by Crippen LogP contribution is 2.18. The zero-order valence-corrected chi connectivity index (χ0v) is 12.6. The fourth-order valence-corrected chi connectivity index (χ4v) is 2.70. The van der Waals surface area contributed by atoms with Crippen LogP contribution in [0, 0.1) is 0 Å². The van der Waals surface area contributed by atoms with Crippen molar-refractivity contribution in [3.63, 3.8) is 0 Å². The molecule has 0 spiro atoms.